The molecular formula is C15H16F3N3O3. The smallest absolute Gasteiger partial charge is 0.449 e. The second-order valence-electron chi connectivity index (χ2n) is 5.35. The number of ether oxygens (including phenoxy) is 2. The maximum atomic E-state index is 13.3. The Labute approximate surface area is 135 Å². The maximum absolute atomic E-state index is 13.3. The Morgan fingerprint density at radius 2 is 1.96 bits per heavy atom. The van der Waals surface area contributed by atoms with E-state index in [9.17, 15) is 18.0 Å². The highest BCUT2D eigenvalue weighted by Crippen LogP contribution is 2.37. The summed E-state index contributed by atoms with van der Waals surface area (Å²) in [6, 6.07) is 2.83. The summed E-state index contributed by atoms with van der Waals surface area (Å²) in [6.07, 6.45) is -3.98. The molecule has 9 heteroatoms. The number of aromatic nitrogens is 2. The third-order valence-electron chi connectivity index (χ3n) is 3.54. The van der Waals surface area contributed by atoms with Gasteiger partial charge >= 0.3 is 6.18 Å². The highest BCUT2D eigenvalue weighted by molar-refractivity contribution is 5.84. The molecule has 1 N–H and O–H groups in total. The number of benzene rings is 1. The number of nitrogens with zero attached hydrogens (tertiary/aromatic N) is 2. The Kier molecular flexibility index (Phi) is 4.25. The van der Waals surface area contributed by atoms with Gasteiger partial charge in [0.25, 0.3) is 0 Å². The summed E-state index contributed by atoms with van der Waals surface area (Å²) in [5.74, 6) is -0.928. The number of alkyl halides is 3. The lowest BCUT2D eigenvalue weighted by Crippen LogP contribution is -2.30. The van der Waals surface area contributed by atoms with Gasteiger partial charge in [-0.1, -0.05) is 6.92 Å². The number of imidazole rings is 1. The molecule has 1 aliphatic rings. The van der Waals surface area contributed by atoms with Crippen molar-refractivity contribution in [3.63, 3.8) is 0 Å². The van der Waals surface area contributed by atoms with Gasteiger partial charge in [0.05, 0.1) is 11.0 Å². The van der Waals surface area contributed by atoms with E-state index >= 15 is 0 Å². The van der Waals surface area contributed by atoms with Gasteiger partial charge in [-0.25, -0.2) is 4.98 Å². The fourth-order valence-corrected chi connectivity index (χ4v) is 2.50. The highest BCUT2D eigenvalue weighted by atomic mass is 19.4. The second-order valence-corrected chi connectivity index (χ2v) is 5.35. The third-order valence-corrected chi connectivity index (χ3v) is 3.54. The first kappa shape index (κ1) is 16.4. The molecule has 0 atom stereocenters. The summed E-state index contributed by atoms with van der Waals surface area (Å²) in [5, 5.41) is 2.57. The molecule has 0 aliphatic carbocycles. The van der Waals surface area contributed by atoms with Gasteiger partial charge in [-0.3, -0.25) is 4.79 Å². The fourth-order valence-electron chi connectivity index (χ4n) is 2.50. The predicted molar refractivity (Wildman–Crippen MR) is 79.0 cm³/mol. The first-order valence-electron chi connectivity index (χ1n) is 7.54. The molecule has 1 amide bonds. The van der Waals surface area contributed by atoms with Crippen LogP contribution in [0.5, 0.6) is 11.5 Å². The SMILES string of the molecule is CCCNC(=O)Cn1c(C(F)(F)F)nc2cc3c(cc21)OCCO3. The van der Waals surface area contributed by atoms with E-state index in [1.807, 2.05) is 6.92 Å². The number of nitrogens with one attached hydrogen (secondary N) is 1. The molecule has 6 nitrogen and oxygen atoms in total. The average molecular weight is 343 g/mol. The van der Waals surface area contributed by atoms with Crippen LogP contribution in [0.15, 0.2) is 12.1 Å². The minimum absolute atomic E-state index is 0.106. The van der Waals surface area contributed by atoms with Crippen LogP contribution < -0.4 is 14.8 Å². The lowest BCUT2D eigenvalue weighted by Gasteiger charge is -2.18. The summed E-state index contributed by atoms with van der Waals surface area (Å²) in [7, 11) is 0. The van der Waals surface area contributed by atoms with Crippen LogP contribution in [0.3, 0.4) is 0 Å². The summed E-state index contributed by atoms with van der Waals surface area (Å²) in [5.41, 5.74) is 0.285. The third kappa shape index (κ3) is 3.10. The van der Waals surface area contributed by atoms with Crippen molar-refractivity contribution < 1.29 is 27.4 Å². The molecule has 2 aromatic rings. The van der Waals surface area contributed by atoms with Crippen LogP contribution in [-0.4, -0.2) is 35.2 Å². The molecule has 3 rings (SSSR count). The molecule has 0 saturated heterocycles. The van der Waals surface area contributed by atoms with Gasteiger partial charge in [-0.15, -0.1) is 0 Å². The van der Waals surface area contributed by atoms with Crippen molar-refractivity contribution in [2.75, 3.05) is 19.8 Å². The zero-order valence-electron chi connectivity index (χ0n) is 12.9. The molecular weight excluding hydrogens is 327 g/mol. The van der Waals surface area contributed by atoms with Crippen molar-refractivity contribution in [3.05, 3.63) is 18.0 Å². The average Bonchev–Trinajstić information content (AvgIpc) is 2.88. The molecule has 2 heterocycles. The molecule has 0 fully saturated rings. The van der Waals surface area contributed by atoms with Crippen LogP contribution in [0.25, 0.3) is 11.0 Å². The van der Waals surface area contributed by atoms with Crippen LogP contribution in [0, 0.1) is 0 Å². The molecule has 130 valence electrons. The molecule has 0 radical (unpaired) electrons. The van der Waals surface area contributed by atoms with Crippen molar-refractivity contribution in [3.8, 4) is 11.5 Å². The van der Waals surface area contributed by atoms with E-state index in [4.69, 9.17) is 9.47 Å². The van der Waals surface area contributed by atoms with Gasteiger partial charge in [-0.2, -0.15) is 13.2 Å². The van der Waals surface area contributed by atoms with Gasteiger partial charge in [0.1, 0.15) is 19.8 Å². The van der Waals surface area contributed by atoms with Crippen LogP contribution in [0.1, 0.15) is 19.2 Å². The molecule has 1 aliphatic heterocycles. The van der Waals surface area contributed by atoms with Crippen molar-refractivity contribution in [1.82, 2.24) is 14.9 Å². The summed E-state index contributed by atoms with van der Waals surface area (Å²) < 4.78 is 51.5. The van der Waals surface area contributed by atoms with Gasteiger partial charge in [-0.05, 0) is 6.42 Å². The molecule has 0 saturated carbocycles. The van der Waals surface area contributed by atoms with Crippen LogP contribution in [0.4, 0.5) is 13.2 Å². The zero-order valence-corrected chi connectivity index (χ0v) is 12.9. The molecule has 0 unspecified atom stereocenters. The Morgan fingerprint density at radius 1 is 1.29 bits per heavy atom. The number of rotatable bonds is 4. The summed E-state index contributed by atoms with van der Waals surface area (Å²) in [4.78, 5) is 15.5. The number of hydrogen-bond acceptors (Lipinski definition) is 4. The molecule has 1 aromatic heterocycles. The minimum Gasteiger partial charge on any atom is -0.486 e. The fraction of sp³-hybridized carbons (Fsp3) is 0.467. The standard InChI is InChI=1S/C15H16F3N3O3/c1-2-3-19-13(22)8-21-10-7-12-11(23-4-5-24-12)6-9(10)20-14(21)15(16,17)18/h6-7H,2-5,8H2,1H3,(H,19,22). The number of hydrogen-bond donors (Lipinski definition) is 1. The van der Waals surface area contributed by atoms with Crippen LogP contribution in [0.2, 0.25) is 0 Å². The second kappa shape index (κ2) is 6.21. The van der Waals surface area contributed by atoms with Crippen LogP contribution >= 0.6 is 0 Å². The van der Waals surface area contributed by atoms with E-state index in [-0.39, 0.29) is 11.0 Å². The van der Waals surface area contributed by atoms with E-state index in [0.717, 1.165) is 4.57 Å². The topological polar surface area (TPSA) is 65.4 Å². The van der Waals surface area contributed by atoms with Crippen LogP contribution in [-0.2, 0) is 17.5 Å². The molecule has 0 spiro atoms. The number of amides is 1. The van der Waals surface area contributed by atoms with Crippen molar-refractivity contribution in [2.24, 2.45) is 0 Å². The predicted octanol–water partition coefficient (Wildman–Crippen LogP) is 2.35. The molecule has 0 bridgehead atoms. The zero-order chi connectivity index (χ0) is 17.3. The van der Waals surface area contributed by atoms with Gasteiger partial charge in [0.2, 0.25) is 11.7 Å². The van der Waals surface area contributed by atoms with Crippen molar-refractivity contribution >= 4 is 16.9 Å². The van der Waals surface area contributed by atoms with E-state index < -0.39 is 24.5 Å². The number of halogens is 3. The first-order chi connectivity index (χ1) is 11.4. The van der Waals surface area contributed by atoms with Gasteiger partial charge in [0.15, 0.2) is 11.5 Å². The van der Waals surface area contributed by atoms with E-state index in [1.54, 1.807) is 0 Å². The Morgan fingerprint density at radius 3 is 2.58 bits per heavy atom. The van der Waals surface area contributed by atoms with Crippen molar-refractivity contribution in [1.29, 1.82) is 0 Å². The van der Waals surface area contributed by atoms with E-state index in [0.29, 0.717) is 37.7 Å². The lowest BCUT2D eigenvalue weighted by molar-refractivity contribution is -0.147. The Hall–Kier alpha value is -2.45. The molecule has 24 heavy (non-hydrogen) atoms. The Bertz CT molecular complexity index is 771. The van der Waals surface area contributed by atoms with Gasteiger partial charge < -0.3 is 19.4 Å². The maximum Gasteiger partial charge on any atom is 0.449 e. The monoisotopic (exact) mass is 343 g/mol. The quantitative estimate of drug-likeness (QED) is 0.926. The van der Waals surface area contributed by atoms with Gasteiger partial charge in [0, 0.05) is 18.7 Å². The minimum atomic E-state index is -4.67. The molecule has 1 aromatic carbocycles. The normalized spacial score (nSPS) is 14.0. The highest BCUT2D eigenvalue weighted by Gasteiger charge is 2.38. The number of carbonyl (C=O) groups is 1. The first-order valence-corrected chi connectivity index (χ1v) is 7.54. The largest absolute Gasteiger partial charge is 0.486 e. The Balaban J connectivity index is 2.07. The summed E-state index contributed by atoms with van der Waals surface area (Å²) in [6.45, 7) is 2.43. The van der Waals surface area contributed by atoms with Crippen molar-refractivity contribution in [2.45, 2.75) is 26.1 Å². The van der Waals surface area contributed by atoms with E-state index in [1.165, 1.54) is 12.1 Å². The number of carbonyl (C=O) groups excluding carboxylic acids is 1. The number of fused-ring (bicyclic) bond motifs is 2. The van der Waals surface area contributed by atoms with E-state index in [2.05, 4.69) is 10.3 Å². The summed E-state index contributed by atoms with van der Waals surface area (Å²) >= 11 is 0. The lowest BCUT2D eigenvalue weighted by atomic mass is 10.2.